The van der Waals surface area contributed by atoms with E-state index in [2.05, 4.69) is 30.7 Å². The van der Waals surface area contributed by atoms with Crippen molar-refractivity contribution in [2.75, 3.05) is 0 Å². The monoisotopic (exact) mass is 152 g/mol. The Balaban J connectivity index is 3.65. The number of allylic oxidation sites excluding steroid dienone is 2. The Morgan fingerprint density at radius 1 is 1.64 bits per heavy atom. The molecule has 0 aliphatic heterocycles. The molecule has 0 heterocycles. The SMILES string of the molecule is C=CC(/C=C\NN=C)CCC. The molecule has 1 N–H and O–H groups in total. The normalized spacial score (nSPS) is 12.8. The Labute approximate surface area is 68.7 Å². The minimum Gasteiger partial charge on any atom is -0.287 e. The maximum absolute atomic E-state index is 3.73. The second kappa shape index (κ2) is 7.06. The van der Waals surface area contributed by atoms with Gasteiger partial charge in [0.1, 0.15) is 0 Å². The second-order valence-electron chi connectivity index (χ2n) is 2.33. The summed E-state index contributed by atoms with van der Waals surface area (Å²) in [5.74, 6) is 0.453. The quantitative estimate of drug-likeness (QED) is 0.352. The van der Waals surface area contributed by atoms with Gasteiger partial charge >= 0.3 is 0 Å². The average Bonchev–Trinajstić information content (AvgIpc) is 2.03. The first kappa shape index (κ1) is 9.95. The highest BCUT2D eigenvalue weighted by molar-refractivity contribution is 5.22. The van der Waals surface area contributed by atoms with Crippen LogP contribution < -0.4 is 5.43 Å². The van der Waals surface area contributed by atoms with E-state index in [9.17, 15) is 0 Å². The summed E-state index contributed by atoms with van der Waals surface area (Å²) in [5.41, 5.74) is 2.66. The fraction of sp³-hybridized carbons (Fsp3) is 0.444. The van der Waals surface area contributed by atoms with Crippen LogP contribution >= 0.6 is 0 Å². The third-order valence-electron chi connectivity index (χ3n) is 1.43. The van der Waals surface area contributed by atoms with E-state index in [1.54, 1.807) is 6.20 Å². The number of hydrogen-bond donors (Lipinski definition) is 1. The number of nitrogens with zero attached hydrogens (tertiary/aromatic N) is 1. The summed E-state index contributed by atoms with van der Waals surface area (Å²) in [6.07, 6.45) is 8.06. The molecular formula is C9H16N2. The summed E-state index contributed by atoms with van der Waals surface area (Å²) in [6.45, 7) is 9.18. The molecule has 0 fully saturated rings. The van der Waals surface area contributed by atoms with Gasteiger partial charge in [-0.1, -0.05) is 25.5 Å². The number of nitrogens with one attached hydrogen (secondary N) is 1. The highest BCUT2D eigenvalue weighted by Crippen LogP contribution is 2.07. The zero-order valence-electron chi connectivity index (χ0n) is 7.09. The molecule has 0 amide bonds. The van der Waals surface area contributed by atoms with Crippen LogP contribution in [0.5, 0.6) is 0 Å². The van der Waals surface area contributed by atoms with Crippen molar-refractivity contribution in [1.29, 1.82) is 0 Å². The van der Waals surface area contributed by atoms with Crippen molar-refractivity contribution in [3.8, 4) is 0 Å². The Bertz CT molecular complexity index is 138. The Hall–Kier alpha value is -1.05. The fourth-order valence-corrected chi connectivity index (χ4v) is 0.845. The van der Waals surface area contributed by atoms with Gasteiger partial charge in [-0.2, -0.15) is 5.10 Å². The molecule has 0 aliphatic carbocycles. The van der Waals surface area contributed by atoms with Crippen molar-refractivity contribution in [3.05, 3.63) is 24.9 Å². The van der Waals surface area contributed by atoms with Crippen LogP contribution in [0.25, 0.3) is 0 Å². The van der Waals surface area contributed by atoms with Gasteiger partial charge in [0.15, 0.2) is 0 Å². The van der Waals surface area contributed by atoms with Crippen molar-refractivity contribution >= 4 is 6.72 Å². The number of hydrazone groups is 1. The van der Waals surface area contributed by atoms with Gasteiger partial charge in [0.05, 0.1) is 0 Å². The van der Waals surface area contributed by atoms with Crippen LogP contribution in [0.1, 0.15) is 19.8 Å². The molecule has 2 heteroatoms. The molecule has 2 nitrogen and oxygen atoms in total. The molecule has 0 aliphatic rings. The van der Waals surface area contributed by atoms with Crippen LogP contribution in [0.4, 0.5) is 0 Å². The summed E-state index contributed by atoms with van der Waals surface area (Å²) < 4.78 is 0. The lowest BCUT2D eigenvalue weighted by atomic mass is 10.0. The highest BCUT2D eigenvalue weighted by Gasteiger charge is 1.94. The molecule has 0 aromatic carbocycles. The van der Waals surface area contributed by atoms with Gasteiger partial charge in [0.25, 0.3) is 0 Å². The third kappa shape index (κ3) is 5.40. The molecule has 1 unspecified atom stereocenters. The predicted molar refractivity (Wildman–Crippen MR) is 50.4 cm³/mol. The largest absolute Gasteiger partial charge is 0.287 e. The van der Waals surface area contributed by atoms with Crippen molar-refractivity contribution in [2.45, 2.75) is 19.8 Å². The zero-order chi connectivity index (χ0) is 8.53. The van der Waals surface area contributed by atoms with Gasteiger partial charge in [0.2, 0.25) is 0 Å². The third-order valence-corrected chi connectivity index (χ3v) is 1.43. The summed E-state index contributed by atoms with van der Waals surface area (Å²) in [7, 11) is 0. The van der Waals surface area contributed by atoms with E-state index in [1.165, 1.54) is 6.42 Å². The Morgan fingerprint density at radius 2 is 2.36 bits per heavy atom. The molecule has 11 heavy (non-hydrogen) atoms. The van der Waals surface area contributed by atoms with Gasteiger partial charge in [-0.15, -0.1) is 6.58 Å². The van der Waals surface area contributed by atoms with Crippen LogP contribution in [0.15, 0.2) is 30.0 Å². The molecule has 1 atom stereocenters. The maximum atomic E-state index is 3.73. The average molecular weight is 152 g/mol. The molecule has 0 spiro atoms. The topological polar surface area (TPSA) is 24.4 Å². The van der Waals surface area contributed by atoms with E-state index in [0.29, 0.717) is 5.92 Å². The van der Waals surface area contributed by atoms with Gasteiger partial charge in [-0.25, -0.2) is 0 Å². The molecular weight excluding hydrogens is 136 g/mol. The Kier molecular flexibility index (Phi) is 6.39. The van der Waals surface area contributed by atoms with Crippen molar-refractivity contribution in [2.24, 2.45) is 11.0 Å². The zero-order valence-corrected chi connectivity index (χ0v) is 7.09. The molecule has 0 aromatic heterocycles. The van der Waals surface area contributed by atoms with Gasteiger partial charge in [-0.3, -0.25) is 5.43 Å². The molecule has 0 rings (SSSR count). The smallest absolute Gasteiger partial charge is 0.0165 e. The van der Waals surface area contributed by atoms with E-state index in [-0.39, 0.29) is 0 Å². The summed E-state index contributed by atoms with van der Waals surface area (Å²) in [5, 5.41) is 3.48. The highest BCUT2D eigenvalue weighted by atomic mass is 15.3. The summed E-state index contributed by atoms with van der Waals surface area (Å²) in [4.78, 5) is 0. The molecule has 62 valence electrons. The first-order valence-electron chi connectivity index (χ1n) is 3.85. The van der Waals surface area contributed by atoms with E-state index in [4.69, 9.17) is 0 Å². The molecule has 0 saturated carbocycles. The van der Waals surface area contributed by atoms with E-state index in [1.807, 2.05) is 12.2 Å². The summed E-state index contributed by atoms with van der Waals surface area (Å²) in [6, 6.07) is 0. The first-order valence-corrected chi connectivity index (χ1v) is 3.85. The molecule has 0 radical (unpaired) electrons. The minimum absolute atomic E-state index is 0.453. The van der Waals surface area contributed by atoms with Gasteiger partial charge < -0.3 is 0 Å². The molecule has 0 aromatic rings. The maximum Gasteiger partial charge on any atom is 0.0165 e. The molecule has 0 bridgehead atoms. The van der Waals surface area contributed by atoms with Crippen molar-refractivity contribution in [3.63, 3.8) is 0 Å². The lowest BCUT2D eigenvalue weighted by Gasteiger charge is -2.02. The predicted octanol–water partition coefficient (Wildman–Crippen LogP) is 2.31. The van der Waals surface area contributed by atoms with E-state index in [0.717, 1.165) is 6.42 Å². The molecule has 0 saturated heterocycles. The standard InChI is InChI=1S/C9H16N2/c1-4-6-9(5-2)7-8-11-10-3/h5,7-9,11H,2-4,6H2,1H3/b8-7-. The summed E-state index contributed by atoms with van der Waals surface area (Å²) >= 11 is 0. The lowest BCUT2D eigenvalue weighted by molar-refractivity contribution is 0.687. The van der Waals surface area contributed by atoms with Crippen LogP contribution in [0.2, 0.25) is 0 Å². The second-order valence-corrected chi connectivity index (χ2v) is 2.33. The van der Waals surface area contributed by atoms with E-state index < -0.39 is 0 Å². The van der Waals surface area contributed by atoms with Crippen molar-refractivity contribution in [1.82, 2.24) is 5.43 Å². The lowest BCUT2D eigenvalue weighted by Crippen LogP contribution is -1.95. The Morgan fingerprint density at radius 3 is 2.82 bits per heavy atom. The first-order chi connectivity index (χ1) is 5.35. The number of rotatable bonds is 6. The van der Waals surface area contributed by atoms with Crippen molar-refractivity contribution < 1.29 is 0 Å². The van der Waals surface area contributed by atoms with Crippen LogP contribution in [-0.4, -0.2) is 6.72 Å². The van der Waals surface area contributed by atoms with Gasteiger partial charge in [0, 0.05) is 12.9 Å². The van der Waals surface area contributed by atoms with Gasteiger partial charge in [-0.05, 0) is 12.3 Å². The van der Waals surface area contributed by atoms with Crippen LogP contribution in [-0.2, 0) is 0 Å². The van der Waals surface area contributed by atoms with E-state index >= 15 is 0 Å². The minimum atomic E-state index is 0.453. The fourth-order valence-electron chi connectivity index (χ4n) is 0.845. The van der Waals surface area contributed by atoms with Crippen LogP contribution in [0.3, 0.4) is 0 Å². The number of hydrogen-bond acceptors (Lipinski definition) is 2. The van der Waals surface area contributed by atoms with Crippen LogP contribution in [0, 0.1) is 5.92 Å².